The molecule has 0 spiro atoms. The summed E-state index contributed by atoms with van der Waals surface area (Å²) < 4.78 is 6.73. The predicted molar refractivity (Wildman–Crippen MR) is 101 cm³/mol. The third-order valence-electron chi connectivity index (χ3n) is 4.44. The fraction of sp³-hybridized carbons (Fsp3) is 0.105. The van der Waals surface area contributed by atoms with E-state index >= 15 is 0 Å². The molecule has 4 aromatic rings. The van der Waals surface area contributed by atoms with Gasteiger partial charge in [-0.15, -0.1) is 0 Å². The zero-order valence-electron chi connectivity index (χ0n) is 15.0. The normalized spacial score (nSPS) is 12.0. The molecule has 0 aliphatic rings. The molecule has 4 N–H and O–H groups in total. The van der Waals surface area contributed by atoms with Crippen LogP contribution in [0.25, 0.3) is 16.9 Å². The summed E-state index contributed by atoms with van der Waals surface area (Å²) >= 11 is 0. The number of carbonyl (C=O) groups excluding carboxylic acids is 3. The van der Waals surface area contributed by atoms with Crippen LogP contribution in [0.2, 0.25) is 0 Å². The Morgan fingerprint density at radius 3 is 2.90 bits per heavy atom. The van der Waals surface area contributed by atoms with E-state index in [1.54, 1.807) is 36.7 Å². The highest BCUT2D eigenvalue weighted by molar-refractivity contribution is 6.38. The molecule has 0 bridgehead atoms. The second-order valence-corrected chi connectivity index (χ2v) is 6.27. The number of carbonyl (C=O) groups is 3. The zero-order valence-corrected chi connectivity index (χ0v) is 15.0. The molecule has 4 aromatic heterocycles. The molecule has 0 aromatic carbocycles. The van der Waals surface area contributed by atoms with Crippen molar-refractivity contribution < 1.29 is 18.8 Å². The molecule has 0 aliphatic carbocycles. The second-order valence-electron chi connectivity index (χ2n) is 6.27. The highest BCUT2D eigenvalue weighted by atomic mass is 16.3. The summed E-state index contributed by atoms with van der Waals surface area (Å²) in [6, 6.07) is 5.80. The van der Waals surface area contributed by atoms with E-state index < -0.39 is 23.6 Å². The molecular formula is C19H16N6O4. The molecule has 0 fully saturated rings. The molecule has 0 radical (unpaired) electrons. The largest absolute Gasteiger partial charge is 0.448 e. The highest BCUT2D eigenvalue weighted by Crippen LogP contribution is 2.20. The van der Waals surface area contributed by atoms with Gasteiger partial charge in [0.2, 0.25) is 11.5 Å². The van der Waals surface area contributed by atoms with Crippen LogP contribution in [0.5, 0.6) is 0 Å². The molecule has 1 unspecified atom stereocenters. The monoisotopic (exact) mass is 392 g/mol. The van der Waals surface area contributed by atoms with Crippen molar-refractivity contribution in [3.05, 3.63) is 66.7 Å². The minimum Gasteiger partial charge on any atom is -0.448 e. The van der Waals surface area contributed by atoms with Gasteiger partial charge in [-0.2, -0.15) is 0 Å². The first-order chi connectivity index (χ1) is 14.0. The van der Waals surface area contributed by atoms with Gasteiger partial charge in [0.15, 0.2) is 0 Å². The molecule has 4 rings (SSSR count). The molecule has 0 aliphatic heterocycles. The first-order valence-corrected chi connectivity index (χ1v) is 8.66. The number of amides is 2. The number of primary amides is 1. The number of fused-ring (bicyclic) bond motifs is 1. The minimum absolute atomic E-state index is 0.0603. The van der Waals surface area contributed by atoms with Crippen LogP contribution in [0.4, 0.5) is 0 Å². The number of furan rings is 1. The molecule has 4 heterocycles. The van der Waals surface area contributed by atoms with E-state index in [1.165, 1.54) is 23.4 Å². The average molecular weight is 392 g/mol. The van der Waals surface area contributed by atoms with E-state index in [0.717, 1.165) is 5.39 Å². The van der Waals surface area contributed by atoms with Crippen LogP contribution in [-0.2, 0) is 16.0 Å². The van der Waals surface area contributed by atoms with Gasteiger partial charge in [0.1, 0.15) is 23.9 Å². The first kappa shape index (κ1) is 18.2. The van der Waals surface area contributed by atoms with Crippen molar-refractivity contribution in [1.82, 2.24) is 24.8 Å². The maximum atomic E-state index is 12.8. The number of hydrogen-bond acceptors (Lipinski definition) is 6. The van der Waals surface area contributed by atoms with Crippen molar-refractivity contribution in [3.63, 3.8) is 0 Å². The van der Waals surface area contributed by atoms with Gasteiger partial charge in [-0.3, -0.25) is 19.0 Å². The molecule has 10 nitrogen and oxygen atoms in total. The van der Waals surface area contributed by atoms with E-state index in [1.807, 2.05) is 0 Å². The lowest BCUT2D eigenvalue weighted by atomic mass is 10.0. The average Bonchev–Trinajstić information content (AvgIpc) is 3.45. The van der Waals surface area contributed by atoms with Gasteiger partial charge in [0.05, 0.1) is 12.5 Å². The Labute approximate surface area is 163 Å². The van der Waals surface area contributed by atoms with Crippen LogP contribution in [0.1, 0.15) is 16.1 Å². The number of ketones is 1. The van der Waals surface area contributed by atoms with Crippen LogP contribution in [0.3, 0.4) is 0 Å². The van der Waals surface area contributed by atoms with Gasteiger partial charge in [0.25, 0.3) is 11.8 Å². The Kier molecular flexibility index (Phi) is 4.65. The van der Waals surface area contributed by atoms with Gasteiger partial charge in [0, 0.05) is 24.2 Å². The fourth-order valence-electron chi connectivity index (χ4n) is 3.05. The second kappa shape index (κ2) is 7.43. The summed E-state index contributed by atoms with van der Waals surface area (Å²) in [5.74, 6) is -2.14. The van der Waals surface area contributed by atoms with E-state index in [2.05, 4.69) is 20.3 Å². The maximum absolute atomic E-state index is 12.8. The number of rotatable bonds is 7. The van der Waals surface area contributed by atoms with E-state index in [-0.39, 0.29) is 12.1 Å². The van der Waals surface area contributed by atoms with Gasteiger partial charge in [-0.25, -0.2) is 9.97 Å². The summed E-state index contributed by atoms with van der Waals surface area (Å²) in [4.78, 5) is 47.8. The number of aromatic amines is 1. The number of nitrogens with one attached hydrogen (secondary N) is 2. The van der Waals surface area contributed by atoms with Gasteiger partial charge in [-0.1, -0.05) is 6.07 Å². The Morgan fingerprint density at radius 1 is 1.28 bits per heavy atom. The van der Waals surface area contributed by atoms with Gasteiger partial charge in [-0.05, 0) is 23.8 Å². The summed E-state index contributed by atoms with van der Waals surface area (Å²) in [5, 5.41) is 3.33. The summed E-state index contributed by atoms with van der Waals surface area (Å²) in [6.07, 6.45) is 7.58. The third kappa shape index (κ3) is 3.50. The Morgan fingerprint density at radius 2 is 2.14 bits per heavy atom. The molecule has 29 heavy (non-hydrogen) atoms. The Hall–Kier alpha value is -4.21. The van der Waals surface area contributed by atoms with Gasteiger partial charge >= 0.3 is 0 Å². The molecular weight excluding hydrogens is 376 g/mol. The number of pyridine rings is 1. The van der Waals surface area contributed by atoms with E-state index in [9.17, 15) is 14.4 Å². The Bertz CT molecular complexity index is 1190. The van der Waals surface area contributed by atoms with Crippen molar-refractivity contribution in [3.8, 4) is 5.82 Å². The lowest BCUT2D eigenvalue weighted by molar-refractivity contribution is -0.137. The minimum atomic E-state index is -1.15. The quantitative estimate of drug-likeness (QED) is 0.395. The number of nitrogens with zero attached hydrogens (tertiary/aromatic N) is 3. The lowest BCUT2D eigenvalue weighted by Gasteiger charge is -2.16. The van der Waals surface area contributed by atoms with Crippen molar-refractivity contribution in [1.29, 1.82) is 0 Å². The summed E-state index contributed by atoms with van der Waals surface area (Å²) in [6.45, 7) is 0. The number of Topliss-reactive ketones (excluding diaryl/α,β-unsaturated/α-hetero) is 1. The summed E-state index contributed by atoms with van der Waals surface area (Å²) in [5.41, 5.74) is 6.57. The number of nitrogens with two attached hydrogens (primary N) is 1. The molecule has 1 atom stereocenters. The fourth-order valence-corrected chi connectivity index (χ4v) is 3.05. The van der Waals surface area contributed by atoms with E-state index in [4.69, 9.17) is 10.2 Å². The highest BCUT2D eigenvalue weighted by Gasteiger charge is 2.28. The Balaban J connectivity index is 1.61. The third-order valence-corrected chi connectivity index (χ3v) is 4.44. The first-order valence-electron chi connectivity index (χ1n) is 8.66. The number of aromatic nitrogens is 4. The topological polar surface area (TPSA) is 149 Å². The number of hydrogen-bond donors (Lipinski definition) is 3. The molecule has 0 saturated heterocycles. The molecule has 2 amide bonds. The van der Waals surface area contributed by atoms with Crippen LogP contribution in [0.15, 0.2) is 59.9 Å². The molecule has 146 valence electrons. The lowest BCUT2D eigenvalue weighted by Crippen LogP contribution is -2.47. The van der Waals surface area contributed by atoms with Crippen LogP contribution >= 0.6 is 0 Å². The van der Waals surface area contributed by atoms with Crippen molar-refractivity contribution >= 4 is 28.7 Å². The summed E-state index contributed by atoms with van der Waals surface area (Å²) in [7, 11) is 0. The SMILES string of the molecule is NC(=O)C(=O)C(Cc1c[nH]c2occc12)NC(=O)c1cncn1-c1ccccn1. The smallest absolute Gasteiger partial charge is 0.287 e. The standard InChI is InChI=1S/C19H16N6O4/c20-17(27)16(26)13(7-11-8-23-19-12(11)4-6-29-19)24-18(28)14-9-21-10-25(14)15-3-1-2-5-22-15/h1-6,8-10,13,23H,7H2,(H2,20,27)(H,24,28). The van der Waals surface area contributed by atoms with Crippen LogP contribution in [-0.4, -0.2) is 43.2 Å². The molecule has 10 heteroatoms. The van der Waals surface area contributed by atoms with Gasteiger partial charge < -0.3 is 20.5 Å². The number of imidazole rings is 1. The van der Waals surface area contributed by atoms with Crippen molar-refractivity contribution in [2.75, 3.05) is 0 Å². The number of H-pyrrole nitrogens is 1. The predicted octanol–water partition coefficient (Wildman–Crippen LogP) is 0.737. The zero-order chi connectivity index (χ0) is 20.4. The maximum Gasteiger partial charge on any atom is 0.287 e. The van der Waals surface area contributed by atoms with Crippen molar-refractivity contribution in [2.45, 2.75) is 12.5 Å². The van der Waals surface area contributed by atoms with Crippen LogP contribution < -0.4 is 11.1 Å². The van der Waals surface area contributed by atoms with Crippen LogP contribution in [0, 0.1) is 0 Å². The van der Waals surface area contributed by atoms with E-state index in [0.29, 0.717) is 17.1 Å². The van der Waals surface area contributed by atoms with Crippen molar-refractivity contribution in [2.24, 2.45) is 5.73 Å². The molecule has 0 saturated carbocycles.